The number of benzene rings is 1. The third-order valence-corrected chi connectivity index (χ3v) is 1.77. The number of aldehydes is 1. The van der Waals surface area contributed by atoms with Crippen LogP contribution in [0.5, 0.6) is 0 Å². The highest BCUT2D eigenvalue weighted by molar-refractivity contribution is 5.77. The number of hydrogen-bond acceptors (Lipinski definition) is 3. The fraction of sp³-hybridized carbons (Fsp3) is 0.462. The Hall–Kier alpha value is -1.19. The highest BCUT2D eigenvalue weighted by Gasteiger charge is 1.97. The SMILES string of the molecule is CC.CO.COCc1ccc(C=O)c(C)c1. The summed E-state index contributed by atoms with van der Waals surface area (Å²) in [5.41, 5.74) is 2.84. The van der Waals surface area contributed by atoms with Crippen molar-refractivity contribution in [3.63, 3.8) is 0 Å². The highest BCUT2D eigenvalue weighted by Crippen LogP contribution is 2.09. The van der Waals surface area contributed by atoms with Crippen LogP contribution in [0.3, 0.4) is 0 Å². The van der Waals surface area contributed by atoms with Crippen molar-refractivity contribution in [3.8, 4) is 0 Å². The zero-order valence-electron chi connectivity index (χ0n) is 10.8. The molecule has 1 N–H and O–H groups in total. The number of hydrogen-bond donors (Lipinski definition) is 1. The molecule has 0 aromatic heterocycles. The lowest BCUT2D eigenvalue weighted by Gasteiger charge is -2.02. The molecule has 0 fully saturated rings. The Morgan fingerprint density at radius 2 is 1.88 bits per heavy atom. The Bertz CT molecular complexity index is 283. The van der Waals surface area contributed by atoms with Crippen molar-refractivity contribution in [2.45, 2.75) is 27.4 Å². The molecular formula is C13H22O3. The van der Waals surface area contributed by atoms with Gasteiger partial charge in [-0.25, -0.2) is 0 Å². The van der Waals surface area contributed by atoms with E-state index in [1.165, 1.54) is 0 Å². The molecule has 3 heteroatoms. The zero-order chi connectivity index (χ0) is 13.0. The molecule has 0 heterocycles. The summed E-state index contributed by atoms with van der Waals surface area (Å²) >= 11 is 0. The van der Waals surface area contributed by atoms with E-state index in [0.717, 1.165) is 30.1 Å². The van der Waals surface area contributed by atoms with E-state index in [1.54, 1.807) is 7.11 Å². The van der Waals surface area contributed by atoms with Gasteiger partial charge in [0, 0.05) is 19.8 Å². The Morgan fingerprint density at radius 1 is 1.31 bits per heavy atom. The van der Waals surface area contributed by atoms with Crippen molar-refractivity contribution in [2.24, 2.45) is 0 Å². The number of carbonyl (C=O) groups excluding carboxylic acids is 1. The van der Waals surface area contributed by atoms with Crippen LogP contribution < -0.4 is 0 Å². The minimum absolute atomic E-state index is 0.597. The van der Waals surface area contributed by atoms with E-state index in [-0.39, 0.29) is 0 Å². The van der Waals surface area contributed by atoms with Crippen molar-refractivity contribution in [2.75, 3.05) is 14.2 Å². The van der Waals surface area contributed by atoms with Crippen molar-refractivity contribution >= 4 is 6.29 Å². The van der Waals surface area contributed by atoms with Gasteiger partial charge in [0.25, 0.3) is 0 Å². The molecule has 92 valence electrons. The molecule has 1 rings (SSSR count). The van der Waals surface area contributed by atoms with E-state index >= 15 is 0 Å². The summed E-state index contributed by atoms with van der Waals surface area (Å²) in [7, 11) is 2.66. The molecule has 0 bridgehead atoms. The second-order valence-corrected chi connectivity index (χ2v) is 2.74. The predicted octanol–water partition coefficient (Wildman–Crippen LogP) is 2.59. The number of rotatable bonds is 3. The van der Waals surface area contributed by atoms with Crippen molar-refractivity contribution < 1.29 is 14.6 Å². The third kappa shape index (κ3) is 6.32. The van der Waals surface area contributed by atoms with Crippen molar-refractivity contribution in [1.82, 2.24) is 0 Å². The van der Waals surface area contributed by atoms with Gasteiger partial charge in [0.2, 0.25) is 0 Å². The van der Waals surface area contributed by atoms with Gasteiger partial charge in [-0.15, -0.1) is 0 Å². The van der Waals surface area contributed by atoms with Crippen molar-refractivity contribution in [1.29, 1.82) is 0 Å². The lowest BCUT2D eigenvalue weighted by molar-refractivity contribution is 0.112. The van der Waals surface area contributed by atoms with Gasteiger partial charge in [-0.05, 0) is 18.1 Å². The van der Waals surface area contributed by atoms with Gasteiger partial charge < -0.3 is 9.84 Å². The molecule has 1 aromatic carbocycles. The Balaban J connectivity index is 0. The van der Waals surface area contributed by atoms with E-state index in [2.05, 4.69) is 0 Å². The lowest BCUT2D eigenvalue weighted by atomic mass is 10.1. The van der Waals surface area contributed by atoms with Gasteiger partial charge in [0.15, 0.2) is 0 Å². The molecule has 0 atom stereocenters. The van der Waals surface area contributed by atoms with Crippen LogP contribution in [0, 0.1) is 6.92 Å². The molecule has 1 aromatic rings. The second kappa shape index (κ2) is 11.9. The van der Waals surface area contributed by atoms with Gasteiger partial charge in [-0.1, -0.05) is 32.0 Å². The molecule has 0 spiro atoms. The summed E-state index contributed by atoms with van der Waals surface area (Å²) in [6.45, 7) is 6.52. The van der Waals surface area contributed by atoms with Crippen LogP contribution in [0.25, 0.3) is 0 Å². The van der Waals surface area contributed by atoms with Crippen LogP contribution in [-0.2, 0) is 11.3 Å². The van der Waals surface area contributed by atoms with Gasteiger partial charge in [0.05, 0.1) is 6.61 Å². The van der Waals surface area contributed by atoms with E-state index < -0.39 is 0 Å². The normalized spacial score (nSPS) is 8.12. The van der Waals surface area contributed by atoms with Crippen LogP contribution in [0.4, 0.5) is 0 Å². The molecule has 0 aliphatic carbocycles. The first-order chi connectivity index (χ1) is 7.77. The minimum atomic E-state index is 0.597. The second-order valence-electron chi connectivity index (χ2n) is 2.74. The molecule has 0 aliphatic rings. The number of aliphatic hydroxyl groups is 1. The van der Waals surface area contributed by atoms with E-state index in [4.69, 9.17) is 9.84 Å². The number of carbonyl (C=O) groups is 1. The average Bonchev–Trinajstić information content (AvgIpc) is 2.35. The standard InChI is InChI=1S/C10H12O2.C2H6.CH4O/c1-8-5-9(7-12-2)3-4-10(8)6-11;2*1-2/h3-6H,7H2,1-2H3;1-2H3;2H,1H3. The summed E-state index contributed by atoms with van der Waals surface area (Å²) in [5, 5.41) is 7.00. The van der Waals surface area contributed by atoms with Gasteiger partial charge in [-0.2, -0.15) is 0 Å². The molecule has 0 unspecified atom stereocenters. The fourth-order valence-corrected chi connectivity index (χ4v) is 1.13. The first kappa shape index (κ1) is 17.2. The number of ether oxygens (including phenoxy) is 1. The van der Waals surface area contributed by atoms with Gasteiger partial charge >= 0.3 is 0 Å². The fourth-order valence-electron chi connectivity index (χ4n) is 1.13. The highest BCUT2D eigenvalue weighted by atomic mass is 16.5. The van der Waals surface area contributed by atoms with E-state index in [0.29, 0.717) is 6.61 Å². The van der Waals surface area contributed by atoms with Crippen LogP contribution in [0.2, 0.25) is 0 Å². The van der Waals surface area contributed by atoms with Gasteiger partial charge in [0.1, 0.15) is 6.29 Å². The maximum absolute atomic E-state index is 10.5. The molecule has 0 amide bonds. The summed E-state index contributed by atoms with van der Waals surface area (Å²) in [5.74, 6) is 0. The number of methoxy groups -OCH3 is 1. The Kier molecular flexibility index (Phi) is 12.8. The summed E-state index contributed by atoms with van der Waals surface area (Å²) < 4.78 is 4.97. The molecule has 0 saturated heterocycles. The van der Waals surface area contributed by atoms with E-state index in [1.807, 2.05) is 39.0 Å². The predicted molar refractivity (Wildman–Crippen MR) is 66.8 cm³/mol. The minimum Gasteiger partial charge on any atom is -0.400 e. The maximum Gasteiger partial charge on any atom is 0.150 e. The van der Waals surface area contributed by atoms with Crippen LogP contribution in [-0.4, -0.2) is 25.6 Å². The van der Waals surface area contributed by atoms with E-state index in [9.17, 15) is 4.79 Å². The largest absolute Gasteiger partial charge is 0.400 e. The monoisotopic (exact) mass is 226 g/mol. The first-order valence-electron chi connectivity index (χ1n) is 5.26. The molecular weight excluding hydrogens is 204 g/mol. The molecule has 0 radical (unpaired) electrons. The molecule has 0 aliphatic heterocycles. The maximum atomic E-state index is 10.5. The van der Waals surface area contributed by atoms with Crippen molar-refractivity contribution in [3.05, 3.63) is 34.9 Å². The summed E-state index contributed by atoms with van der Waals surface area (Å²) in [6, 6.07) is 5.68. The zero-order valence-corrected chi connectivity index (χ0v) is 10.8. The molecule has 0 saturated carbocycles. The smallest absolute Gasteiger partial charge is 0.150 e. The quantitative estimate of drug-likeness (QED) is 0.806. The molecule has 3 nitrogen and oxygen atoms in total. The molecule has 16 heavy (non-hydrogen) atoms. The lowest BCUT2D eigenvalue weighted by Crippen LogP contribution is -1.91. The average molecular weight is 226 g/mol. The topological polar surface area (TPSA) is 46.5 Å². The summed E-state index contributed by atoms with van der Waals surface area (Å²) in [6.07, 6.45) is 0.867. The number of aryl methyl sites for hydroxylation is 1. The van der Waals surface area contributed by atoms with Crippen LogP contribution in [0.1, 0.15) is 35.3 Å². The van der Waals surface area contributed by atoms with Crippen LogP contribution in [0.15, 0.2) is 18.2 Å². The van der Waals surface area contributed by atoms with Crippen LogP contribution >= 0.6 is 0 Å². The number of aliphatic hydroxyl groups excluding tert-OH is 1. The Labute approximate surface area is 98.1 Å². The third-order valence-electron chi connectivity index (χ3n) is 1.77. The Morgan fingerprint density at radius 3 is 2.25 bits per heavy atom. The first-order valence-corrected chi connectivity index (χ1v) is 5.26. The van der Waals surface area contributed by atoms with Gasteiger partial charge in [-0.3, -0.25) is 4.79 Å². The summed E-state index contributed by atoms with van der Waals surface area (Å²) in [4.78, 5) is 10.5.